The number of fused-ring (bicyclic) bond motifs is 1. The summed E-state index contributed by atoms with van der Waals surface area (Å²) >= 11 is 0. The number of hydrogen-bond donors (Lipinski definition) is 0. The third-order valence-corrected chi connectivity index (χ3v) is 8.46. The first kappa shape index (κ1) is 20.8. The smallest absolute Gasteiger partial charge is 0.369 e. The van der Waals surface area contributed by atoms with E-state index in [1.165, 1.54) is 0 Å². The van der Waals surface area contributed by atoms with Gasteiger partial charge < -0.3 is 18.3 Å². The molecule has 0 aliphatic carbocycles. The SMILES string of the molecule is CCO[Si](C)(OCC)c1ccc2c(c1)COC(c1ccccc1)(c1ccccc1)O2. The van der Waals surface area contributed by atoms with Crippen molar-refractivity contribution in [3.05, 3.63) is 95.6 Å². The lowest BCUT2D eigenvalue weighted by atomic mass is 9.95. The molecule has 4 nitrogen and oxygen atoms in total. The van der Waals surface area contributed by atoms with Gasteiger partial charge in [-0.3, -0.25) is 0 Å². The third kappa shape index (κ3) is 3.82. The Morgan fingerprint density at radius 1 is 0.833 bits per heavy atom. The van der Waals surface area contributed by atoms with Crippen LogP contribution in [0.25, 0.3) is 0 Å². The van der Waals surface area contributed by atoms with Crippen LogP contribution in [-0.2, 0) is 26.0 Å². The first-order valence-corrected chi connectivity index (χ1v) is 12.8. The molecule has 0 fully saturated rings. The minimum atomic E-state index is -2.46. The van der Waals surface area contributed by atoms with Crippen LogP contribution in [0.4, 0.5) is 0 Å². The molecule has 3 aromatic rings. The lowest BCUT2D eigenvalue weighted by Crippen LogP contribution is -2.51. The molecule has 4 rings (SSSR count). The van der Waals surface area contributed by atoms with Crippen LogP contribution in [0.5, 0.6) is 5.75 Å². The summed E-state index contributed by atoms with van der Waals surface area (Å²) in [5.74, 6) is -0.153. The van der Waals surface area contributed by atoms with E-state index in [0.29, 0.717) is 19.8 Å². The van der Waals surface area contributed by atoms with Crippen LogP contribution in [-0.4, -0.2) is 21.8 Å². The van der Waals surface area contributed by atoms with Crippen LogP contribution < -0.4 is 9.92 Å². The van der Waals surface area contributed by atoms with Crippen molar-refractivity contribution in [3.8, 4) is 5.75 Å². The molecule has 0 aromatic heterocycles. The van der Waals surface area contributed by atoms with Gasteiger partial charge in [0.15, 0.2) is 0 Å². The third-order valence-electron chi connectivity index (χ3n) is 5.42. The van der Waals surface area contributed by atoms with Gasteiger partial charge in [-0.25, -0.2) is 0 Å². The molecule has 5 heteroatoms. The Morgan fingerprint density at radius 3 is 1.93 bits per heavy atom. The second kappa shape index (κ2) is 8.74. The Morgan fingerprint density at radius 2 is 1.40 bits per heavy atom. The number of ether oxygens (including phenoxy) is 2. The molecule has 1 aliphatic heterocycles. The highest BCUT2D eigenvalue weighted by Gasteiger charge is 2.42. The summed E-state index contributed by atoms with van der Waals surface area (Å²) in [7, 11) is -2.46. The maximum absolute atomic E-state index is 6.59. The lowest BCUT2D eigenvalue weighted by molar-refractivity contribution is -0.184. The summed E-state index contributed by atoms with van der Waals surface area (Å²) in [4.78, 5) is 0. The quantitative estimate of drug-likeness (QED) is 0.512. The first-order chi connectivity index (χ1) is 14.6. The zero-order valence-corrected chi connectivity index (χ0v) is 18.8. The van der Waals surface area contributed by atoms with E-state index in [1.54, 1.807) is 0 Å². The molecule has 156 valence electrons. The van der Waals surface area contributed by atoms with Crippen LogP contribution in [0, 0.1) is 0 Å². The van der Waals surface area contributed by atoms with Crippen molar-refractivity contribution in [2.24, 2.45) is 0 Å². The van der Waals surface area contributed by atoms with Crippen LogP contribution in [0.3, 0.4) is 0 Å². The van der Waals surface area contributed by atoms with E-state index in [1.807, 2.05) is 80.6 Å². The summed E-state index contributed by atoms with van der Waals surface area (Å²) in [6.45, 7) is 7.78. The Hall–Kier alpha value is -2.44. The summed E-state index contributed by atoms with van der Waals surface area (Å²) < 4.78 is 25.2. The summed E-state index contributed by atoms with van der Waals surface area (Å²) in [6, 6.07) is 26.4. The standard InChI is InChI=1S/C25H28O4Si/c1-4-27-30(3,28-5-2)23-16-17-24-20(18-23)19-26-25(29-24,21-12-8-6-9-13-21)22-14-10-7-11-15-22/h6-18H,4-5,19H2,1-3H3. The molecule has 0 bridgehead atoms. The summed E-state index contributed by atoms with van der Waals surface area (Å²) in [5, 5.41) is 1.09. The van der Waals surface area contributed by atoms with E-state index >= 15 is 0 Å². The van der Waals surface area contributed by atoms with Crippen LogP contribution >= 0.6 is 0 Å². The van der Waals surface area contributed by atoms with Crippen molar-refractivity contribution in [1.82, 2.24) is 0 Å². The maximum atomic E-state index is 6.59. The predicted octanol–water partition coefficient (Wildman–Crippen LogP) is 4.85. The van der Waals surface area contributed by atoms with Crippen LogP contribution in [0.15, 0.2) is 78.9 Å². The van der Waals surface area contributed by atoms with Gasteiger partial charge in [0.2, 0.25) is 0 Å². The second-order valence-electron chi connectivity index (χ2n) is 7.37. The monoisotopic (exact) mass is 420 g/mol. The minimum Gasteiger partial charge on any atom is -0.453 e. The Kier molecular flexibility index (Phi) is 6.06. The van der Waals surface area contributed by atoms with Gasteiger partial charge in [0, 0.05) is 29.9 Å². The molecule has 0 N–H and O–H groups in total. The van der Waals surface area contributed by atoms with Gasteiger partial charge >= 0.3 is 8.56 Å². The first-order valence-electron chi connectivity index (χ1n) is 10.5. The Bertz CT molecular complexity index is 929. The molecule has 0 spiro atoms. The molecule has 0 amide bonds. The van der Waals surface area contributed by atoms with Gasteiger partial charge in [0.05, 0.1) is 6.61 Å². The molecule has 0 atom stereocenters. The van der Waals surface area contributed by atoms with E-state index in [4.69, 9.17) is 18.3 Å². The molecule has 0 saturated heterocycles. The molecule has 0 radical (unpaired) electrons. The van der Waals surface area contributed by atoms with E-state index < -0.39 is 14.3 Å². The fraction of sp³-hybridized carbons (Fsp3) is 0.280. The van der Waals surface area contributed by atoms with E-state index in [-0.39, 0.29) is 0 Å². The van der Waals surface area contributed by atoms with E-state index in [2.05, 4.69) is 18.7 Å². The molecule has 0 saturated carbocycles. The molecule has 3 aromatic carbocycles. The van der Waals surface area contributed by atoms with Crippen molar-refractivity contribution < 1.29 is 18.3 Å². The number of hydrogen-bond acceptors (Lipinski definition) is 4. The molecular weight excluding hydrogens is 392 g/mol. The molecule has 30 heavy (non-hydrogen) atoms. The highest BCUT2D eigenvalue weighted by atomic mass is 28.4. The van der Waals surface area contributed by atoms with Gasteiger partial charge in [-0.1, -0.05) is 66.7 Å². The minimum absolute atomic E-state index is 0.440. The van der Waals surface area contributed by atoms with Gasteiger partial charge in [-0.05, 0) is 37.7 Å². The zero-order chi connectivity index (χ0) is 21.0. The fourth-order valence-electron chi connectivity index (χ4n) is 3.96. The topological polar surface area (TPSA) is 36.9 Å². The second-order valence-corrected chi connectivity index (χ2v) is 10.4. The summed E-state index contributed by atoms with van der Waals surface area (Å²) in [5.41, 5.74) is 2.94. The van der Waals surface area contributed by atoms with Gasteiger partial charge in [-0.15, -0.1) is 0 Å². The van der Waals surface area contributed by atoms with Crippen molar-refractivity contribution in [1.29, 1.82) is 0 Å². The fourth-order valence-corrected chi connectivity index (χ4v) is 6.30. The van der Waals surface area contributed by atoms with Crippen molar-refractivity contribution >= 4 is 13.7 Å². The van der Waals surface area contributed by atoms with Gasteiger partial charge in [0.25, 0.3) is 5.79 Å². The van der Waals surface area contributed by atoms with Crippen LogP contribution in [0.2, 0.25) is 6.55 Å². The number of benzene rings is 3. The largest absolute Gasteiger partial charge is 0.453 e. The predicted molar refractivity (Wildman–Crippen MR) is 120 cm³/mol. The van der Waals surface area contributed by atoms with E-state index in [9.17, 15) is 0 Å². The summed E-state index contributed by atoms with van der Waals surface area (Å²) in [6.07, 6.45) is 0. The Labute approximate surface area is 179 Å². The van der Waals surface area contributed by atoms with Gasteiger partial charge in [0.1, 0.15) is 5.75 Å². The molecule has 1 heterocycles. The number of rotatable bonds is 7. The lowest BCUT2D eigenvalue weighted by Gasteiger charge is -2.39. The molecule has 0 unspecified atom stereocenters. The van der Waals surface area contributed by atoms with Crippen molar-refractivity contribution in [2.75, 3.05) is 13.2 Å². The maximum Gasteiger partial charge on any atom is 0.369 e. The Balaban J connectivity index is 1.74. The van der Waals surface area contributed by atoms with Crippen LogP contribution in [0.1, 0.15) is 30.5 Å². The average molecular weight is 421 g/mol. The average Bonchev–Trinajstić information content (AvgIpc) is 2.80. The normalized spacial score (nSPS) is 15.3. The zero-order valence-electron chi connectivity index (χ0n) is 17.8. The van der Waals surface area contributed by atoms with Crippen molar-refractivity contribution in [2.45, 2.75) is 32.8 Å². The van der Waals surface area contributed by atoms with E-state index in [0.717, 1.165) is 27.6 Å². The molecular formula is C25H28O4Si. The highest BCUT2D eigenvalue weighted by Crippen LogP contribution is 2.42. The molecule has 1 aliphatic rings. The highest BCUT2D eigenvalue weighted by molar-refractivity contribution is 6.80. The van der Waals surface area contributed by atoms with Gasteiger partial charge in [-0.2, -0.15) is 0 Å². The van der Waals surface area contributed by atoms with Crippen molar-refractivity contribution in [3.63, 3.8) is 0 Å².